The number of hydrogen-bond donors (Lipinski definition) is 0. The summed E-state index contributed by atoms with van der Waals surface area (Å²) in [6, 6.07) is 112. The molecule has 0 amide bonds. The highest BCUT2D eigenvalue weighted by Gasteiger charge is 2.24. The first-order valence-corrected chi connectivity index (χ1v) is 29.9. The minimum Gasteiger partial charge on any atom is -0.309 e. The highest BCUT2D eigenvalue weighted by atomic mass is 15.1. The van der Waals surface area contributed by atoms with Gasteiger partial charge in [0.25, 0.3) is 0 Å². The molecule has 0 saturated carbocycles. The maximum absolute atomic E-state index is 5.29. The third-order valence-corrected chi connectivity index (χ3v) is 17.8. The van der Waals surface area contributed by atoms with Gasteiger partial charge in [-0.2, -0.15) is 0 Å². The Kier molecular flexibility index (Phi) is 11.2. The van der Waals surface area contributed by atoms with E-state index in [1.54, 1.807) is 0 Å². The largest absolute Gasteiger partial charge is 0.309 e. The highest BCUT2D eigenvalue weighted by Crippen LogP contribution is 2.44. The number of para-hydroxylation sites is 6. The Bertz CT molecular complexity index is 5680. The molecule has 0 spiro atoms. The number of nitrogens with zero attached hydrogens (tertiary/aromatic N) is 7. The molecule has 0 bridgehead atoms. The van der Waals surface area contributed by atoms with E-state index in [2.05, 4.69) is 291 Å². The van der Waals surface area contributed by atoms with Crippen molar-refractivity contribution in [3.63, 3.8) is 0 Å². The molecule has 0 aliphatic heterocycles. The van der Waals surface area contributed by atoms with E-state index in [9.17, 15) is 0 Å². The number of fused-ring (bicyclic) bond motifs is 12. The van der Waals surface area contributed by atoms with Crippen LogP contribution >= 0.6 is 0 Å². The molecule has 5 heterocycles. The molecule has 88 heavy (non-hydrogen) atoms. The van der Waals surface area contributed by atoms with Gasteiger partial charge >= 0.3 is 0 Å². The maximum atomic E-state index is 5.29. The van der Waals surface area contributed by atoms with Crippen LogP contribution in [0.4, 0.5) is 0 Å². The van der Waals surface area contributed by atoms with E-state index in [1.165, 1.54) is 54.4 Å². The summed E-state index contributed by atoms with van der Waals surface area (Å²) >= 11 is 0. The zero-order valence-corrected chi connectivity index (χ0v) is 47.6. The van der Waals surface area contributed by atoms with E-state index >= 15 is 0 Å². The molecule has 0 aliphatic rings. The van der Waals surface area contributed by atoms with Crippen molar-refractivity contribution in [3.05, 3.63) is 309 Å². The van der Waals surface area contributed by atoms with Crippen LogP contribution in [0.3, 0.4) is 0 Å². The van der Waals surface area contributed by atoms with E-state index in [0.29, 0.717) is 17.5 Å². The molecule has 18 rings (SSSR count). The monoisotopic (exact) mass is 1120 g/mol. The quantitative estimate of drug-likeness (QED) is 0.145. The number of hydrogen-bond acceptors (Lipinski definition) is 3. The first-order chi connectivity index (χ1) is 43.6. The van der Waals surface area contributed by atoms with Gasteiger partial charge < -0.3 is 18.3 Å². The van der Waals surface area contributed by atoms with Gasteiger partial charge in [0.15, 0.2) is 17.5 Å². The first-order valence-electron chi connectivity index (χ1n) is 29.9. The Balaban J connectivity index is 0.898. The topological polar surface area (TPSA) is 58.4 Å². The molecule has 0 atom stereocenters. The van der Waals surface area contributed by atoms with Crippen LogP contribution in [0.2, 0.25) is 0 Å². The summed E-state index contributed by atoms with van der Waals surface area (Å²) in [5, 5.41) is 9.52. The van der Waals surface area contributed by atoms with Crippen LogP contribution in [0.5, 0.6) is 0 Å². The van der Waals surface area contributed by atoms with Gasteiger partial charge in [-0.3, -0.25) is 0 Å². The van der Waals surface area contributed by atoms with Gasteiger partial charge in [-0.1, -0.05) is 200 Å². The summed E-state index contributed by atoms with van der Waals surface area (Å²) in [4.78, 5) is 15.7. The molecule has 0 radical (unpaired) electrons. The predicted molar refractivity (Wildman–Crippen MR) is 364 cm³/mol. The van der Waals surface area contributed by atoms with Crippen molar-refractivity contribution in [2.75, 3.05) is 0 Å². The van der Waals surface area contributed by atoms with E-state index in [4.69, 9.17) is 15.0 Å². The molecule has 18 aromatic rings. The lowest BCUT2D eigenvalue weighted by atomic mass is 9.99. The number of benzene rings is 13. The second-order valence-corrected chi connectivity index (χ2v) is 22.8. The van der Waals surface area contributed by atoms with Crippen LogP contribution in [-0.2, 0) is 0 Å². The molecule has 7 nitrogen and oxygen atoms in total. The molecule has 0 N–H and O–H groups in total. The van der Waals surface area contributed by atoms with Gasteiger partial charge in [-0.15, -0.1) is 0 Å². The average molecular weight is 1120 g/mol. The summed E-state index contributed by atoms with van der Waals surface area (Å²) in [6.45, 7) is 0. The van der Waals surface area contributed by atoms with Crippen LogP contribution in [0, 0.1) is 0 Å². The first kappa shape index (κ1) is 49.5. The standard InChI is InChI=1S/C81H51N7/c1-5-21-52(22-6-1)79-82-80(53-23-7-2-8-24-53)84-81(83-79)58-41-46-76(78(51-58)87-71-35-19-13-29-61(71)62-30-14-20-36-72(62)87)88-75-45-40-55(54-38-43-73-66(47-54)63-31-15-17-33-69(63)85(73)59-25-9-3-10-26-59)48-68(75)65-42-37-57(50-77(65)88)56-39-44-74-67(49-56)64-32-16-18-34-70(64)86(74)60-27-11-4-12-28-60/h1-51H. The third kappa shape index (κ3) is 7.81. The van der Waals surface area contributed by atoms with Gasteiger partial charge in [0, 0.05) is 71.2 Å². The van der Waals surface area contributed by atoms with Crippen molar-refractivity contribution in [1.29, 1.82) is 0 Å². The molecule has 0 unspecified atom stereocenters. The van der Waals surface area contributed by atoms with Gasteiger partial charge in [-0.25, -0.2) is 15.0 Å². The molecule has 13 aromatic carbocycles. The minimum absolute atomic E-state index is 0.586. The molecular weight excluding hydrogens is 1070 g/mol. The van der Waals surface area contributed by atoms with Crippen LogP contribution in [-0.4, -0.2) is 33.2 Å². The predicted octanol–water partition coefficient (Wildman–Crippen LogP) is 20.6. The summed E-state index contributed by atoms with van der Waals surface area (Å²) in [5.74, 6) is 1.81. The summed E-state index contributed by atoms with van der Waals surface area (Å²) < 4.78 is 9.70. The van der Waals surface area contributed by atoms with Gasteiger partial charge in [0.1, 0.15) is 0 Å². The molecule has 7 heteroatoms. The Morgan fingerprint density at radius 1 is 0.170 bits per heavy atom. The fourth-order valence-corrected chi connectivity index (χ4v) is 13.8. The Morgan fingerprint density at radius 2 is 0.477 bits per heavy atom. The van der Waals surface area contributed by atoms with Gasteiger partial charge in [0.05, 0.1) is 55.5 Å². The van der Waals surface area contributed by atoms with Crippen molar-refractivity contribution in [2.24, 2.45) is 0 Å². The van der Waals surface area contributed by atoms with Crippen LogP contribution in [0.1, 0.15) is 0 Å². The smallest absolute Gasteiger partial charge is 0.164 e. The van der Waals surface area contributed by atoms with Crippen LogP contribution < -0.4 is 0 Å². The number of aromatic nitrogens is 7. The molecule has 0 aliphatic carbocycles. The lowest BCUT2D eigenvalue weighted by Crippen LogP contribution is -2.05. The van der Waals surface area contributed by atoms with Crippen molar-refractivity contribution in [3.8, 4) is 79.2 Å². The lowest BCUT2D eigenvalue weighted by molar-refractivity contribution is 1.06. The van der Waals surface area contributed by atoms with E-state index in [-0.39, 0.29) is 0 Å². The Hall–Kier alpha value is -11.9. The van der Waals surface area contributed by atoms with E-state index in [1.807, 2.05) is 36.4 Å². The fourth-order valence-electron chi connectivity index (χ4n) is 13.8. The van der Waals surface area contributed by atoms with Crippen molar-refractivity contribution in [1.82, 2.24) is 33.2 Å². The van der Waals surface area contributed by atoms with Crippen molar-refractivity contribution >= 4 is 87.2 Å². The third-order valence-electron chi connectivity index (χ3n) is 17.8. The zero-order valence-electron chi connectivity index (χ0n) is 47.6. The SMILES string of the molecule is c1ccc(-c2nc(-c3ccccc3)nc(-c3ccc(-n4c5ccc(-c6ccc7c(c6)c6ccccc6n7-c6ccccc6)cc5c5ccc(-c6ccc7c(c6)c6ccccc6n7-c6ccccc6)cc54)c(-n4c5ccccc5c5ccccc54)c3)n2)cc1. The molecule has 0 fully saturated rings. The Labute approximate surface area is 506 Å². The van der Waals surface area contributed by atoms with Crippen LogP contribution in [0.25, 0.3) is 166 Å². The maximum Gasteiger partial charge on any atom is 0.164 e. The summed E-state index contributed by atoms with van der Waals surface area (Å²) in [6.07, 6.45) is 0. The average Bonchev–Trinajstić information content (AvgIpc) is 3.76. The summed E-state index contributed by atoms with van der Waals surface area (Å²) in [7, 11) is 0. The van der Waals surface area contributed by atoms with Gasteiger partial charge in [-0.05, 0) is 131 Å². The molecule has 410 valence electrons. The van der Waals surface area contributed by atoms with E-state index in [0.717, 1.165) is 94.5 Å². The second-order valence-electron chi connectivity index (χ2n) is 22.8. The van der Waals surface area contributed by atoms with Crippen molar-refractivity contribution < 1.29 is 0 Å². The highest BCUT2D eigenvalue weighted by molar-refractivity contribution is 6.15. The van der Waals surface area contributed by atoms with Crippen LogP contribution in [0.15, 0.2) is 309 Å². The molecular formula is C81H51N7. The van der Waals surface area contributed by atoms with Gasteiger partial charge in [0.2, 0.25) is 0 Å². The zero-order chi connectivity index (χ0) is 57.8. The summed E-state index contributed by atoms with van der Waals surface area (Å²) in [5.41, 5.74) is 20.6. The number of rotatable bonds is 9. The lowest BCUT2D eigenvalue weighted by Gasteiger charge is -2.18. The Morgan fingerprint density at radius 3 is 0.932 bits per heavy atom. The molecule has 0 saturated heterocycles. The normalized spacial score (nSPS) is 11.9. The second kappa shape index (κ2) is 19.8. The van der Waals surface area contributed by atoms with Crippen molar-refractivity contribution in [2.45, 2.75) is 0 Å². The minimum atomic E-state index is 0.586. The fraction of sp³-hybridized carbons (Fsp3) is 0. The molecule has 5 aromatic heterocycles. The van der Waals surface area contributed by atoms with E-state index < -0.39 is 0 Å².